The molecule has 162 valence electrons. The van der Waals surface area contributed by atoms with E-state index in [0.717, 1.165) is 55.1 Å². The predicted octanol–water partition coefficient (Wildman–Crippen LogP) is 6.89. The Labute approximate surface area is 181 Å². The molecule has 3 heteroatoms. The van der Waals surface area contributed by atoms with E-state index in [1.54, 1.807) is 0 Å². The predicted molar refractivity (Wildman–Crippen MR) is 122 cm³/mol. The van der Waals surface area contributed by atoms with Crippen LogP contribution >= 0.6 is 0 Å². The van der Waals surface area contributed by atoms with Gasteiger partial charge in [0.25, 0.3) is 0 Å². The molecule has 5 rings (SSSR count). The fourth-order valence-corrected chi connectivity index (χ4v) is 4.64. The maximum absolute atomic E-state index is 5.90. The van der Waals surface area contributed by atoms with Crippen LogP contribution in [0.4, 0.5) is 0 Å². The van der Waals surface area contributed by atoms with E-state index < -0.39 is 0 Å². The van der Waals surface area contributed by atoms with Gasteiger partial charge in [0.1, 0.15) is 5.75 Å². The molecule has 1 aliphatic carbocycles. The number of hydrogen-bond acceptors (Lipinski definition) is 3. The normalized spacial score (nSPS) is 21.1. The first-order valence-electron chi connectivity index (χ1n) is 11.5. The van der Waals surface area contributed by atoms with Gasteiger partial charge in [-0.05, 0) is 54.7 Å². The van der Waals surface area contributed by atoms with Crippen LogP contribution in [0.5, 0.6) is 17.2 Å². The van der Waals surface area contributed by atoms with Crippen molar-refractivity contribution >= 4 is 0 Å². The average Bonchev–Trinajstić information content (AvgIpc) is 3.52. The topological polar surface area (TPSA) is 27.7 Å². The zero-order chi connectivity index (χ0) is 21.4. The lowest BCUT2D eigenvalue weighted by Crippen LogP contribution is -2.12. The largest absolute Gasteiger partial charge is 0.493 e. The van der Waals surface area contributed by atoms with E-state index in [2.05, 4.69) is 65.8 Å². The Morgan fingerprint density at radius 1 is 0.733 bits per heavy atom. The highest BCUT2D eigenvalue weighted by Crippen LogP contribution is 2.56. The van der Waals surface area contributed by atoms with Crippen LogP contribution < -0.4 is 14.2 Å². The Bertz CT molecular complexity index is 913. The van der Waals surface area contributed by atoms with Crippen LogP contribution in [0, 0.1) is 19.8 Å². The number of fused-ring (bicyclic) bond motifs is 4. The number of benzene rings is 2. The molecular formula is C27H36O3. The van der Waals surface area contributed by atoms with Crippen LogP contribution in [-0.4, -0.2) is 19.8 Å². The molecule has 0 spiro atoms. The van der Waals surface area contributed by atoms with Crippen LogP contribution in [0.3, 0.4) is 0 Å². The third-order valence-electron chi connectivity index (χ3n) is 6.53. The van der Waals surface area contributed by atoms with Crippen molar-refractivity contribution in [3.63, 3.8) is 0 Å². The van der Waals surface area contributed by atoms with Crippen LogP contribution in [0.15, 0.2) is 24.3 Å². The van der Waals surface area contributed by atoms with Crippen molar-refractivity contribution in [3.8, 4) is 17.2 Å². The molecule has 2 unspecified atom stereocenters. The summed E-state index contributed by atoms with van der Waals surface area (Å²) in [4.78, 5) is 0. The first-order valence-corrected chi connectivity index (χ1v) is 11.5. The lowest BCUT2D eigenvalue weighted by molar-refractivity contribution is 0.276. The lowest BCUT2D eigenvalue weighted by atomic mass is 9.90. The summed E-state index contributed by atoms with van der Waals surface area (Å²) in [5.74, 6) is 5.81. The molecule has 0 amide bonds. The van der Waals surface area contributed by atoms with Crippen LogP contribution in [0.1, 0.15) is 86.1 Å². The Balaban J connectivity index is 0.000000145. The van der Waals surface area contributed by atoms with Gasteiger partial charge >= 0.3 is 0 Å². The van der Waals surface area contributed by atoms with E-state index in [0.29, 0.717) is 11.8 Å². The molecule has 30 heavy (non-hydrogen) atoms. The van der Waals surface area contributed by atoms with E-state index in [9.17, 15) is 0 Å². The summed E-state index contributed by atoms with van der Waals surface area (Å²) in [5.41, 5.74) is 6.75. The molecule has 2 aromatic carbocycles. The second-order valence-electron chi connectivity index (χ2n) is 9.62. The number of ether oxygens (including phenoxy) is 3. The van der Waals surface area contributed by atoms with E-state index in [1.807, 2.05) is 0 Å². The van der Waals surface area contributed by atoms with Crippen LogP contribution in [-0.2, 0) is 0 Å². The van der Waals surface area contributed by atoms with Gasteiger partial charge in [-0.25, -0.2) is 0 Å². The minimum atomic E-state index is 0.473. The second-order valence-corrected chi connectivity index (χ2v) is 9.62. The van der Waals surface area contributed by atoms with E-state index in [1.165, 1.54) is 34.4 Å². The van der Waals surface area contributed by atoms with Crippen molar-refractivity contribution in [1.29, 1.82) is 0 Å². The molecule has 2 atom stereocenters. The average molecular weight is 409 g/mol. The second kappa shape index (κ2) is 8.53. The molecule has 0 radical (unpaired) electrons. The zero-order valence-electron chi connectivity index (χ0n) is 19.4. The van der Waals surface area contributed by atoms with Crippen molar-refractivity contribution in [3.05, 3.63) is 52.1 Å². The highest BCUT2D eigenvalue weighted by Gasteiger charge is 2.45. The van der Waals surface area contributed by atoms with Gasteiger partial charge in [0.15, 0.2) is 11.5 Å². The summed E-state index contributed by atoms with van der Waals surface area (Å²) in [5, 5.41) is 0. The van der Waals surface area contributed by atoms with E-state index >= 15 is 0 Å². The molecule has 0 aromatic heterocycles. The Morgan fingerprint density at radius 3 is 2.00 bits per heavy atom. The summed E-state index contributed by atoms with van der Waals surface area (Å²) in [7, 11) is 0. The first kappa shape index (κ1) is 21.1. The fourth-order valence-electron chi connectivity index (χ4n) is 4.64. The maximum atomic E-state index is 5.90. The summed E-state index contributed by atoms with van der Waals surface area (Å²) < 4.78 is 17.4. The molecule has 0 bridgehead atoms. The summed E-state index contributed by atoms with van der Waals surface area (Å²) in [6.07, 6.45) is 2.31. The zero-order valence-corrected chi connectivity index (χ0v) is 19.4. The molecular weight excluding hydrogens is 372 g/mol. The molecule has 1 fully saturated rings. The van der Waals surface area contributed by atoms with Gasteiger partial charge in [-0.3, -0.25) is 0 Å². The Kier molecular flexibility index (Phi) is 5.99. The minimum absolute atomic E-state index is 0.473. The van der Waals surface area contributed by atoms with Gasteiger partial charge in [-0.1, -0.05) is 52.0 Å². The minimum Gasteiger partial charge on any atom is -0.493 e. The van der Waals surface area contributed by atoms with Crippen molar-refractivity contribution in [1.82, 2.24) is 0 Å². The quantitative estimate of drug-likeness (QED) is 0.541. The molecule has 1 saturated carbocycles. The molecule has 0 saturated heterocycles. The fraction of sp³-hybridized carbons (Fsp3) is 0.556. The summed E-state index contributed by atoms with van der Waals surface area (Å²) in [6.45, 7) is 15.6. The van der Waals surface area contributed by atoms with E-state index in [-0.39, 0.29) is 0 Å². The highest BCUT2D eigenvalue weighted by molar-refractivity contribution is 5.53. The Hall–Kier alpha value is -2.16. The van der Waals surface area contributed by atoms with Crippen molar-refractivity contribution in [2.24, 2.45) is 5.92 Å². The van der Waals surface area contributed by atoms with Crippen molar-refractivity contribution in [2.45, 2.75) is 72.1 Å². The Morgan fingerprint density at radius 2 is 1.33 bits per heavy atom. The molecule has 3 nitrogen and oxygen atoms in total. The standard InChI is InChI=1S/C14H18O.C13H18O2/c1-8(2)11-5-4-9(3)14-13(11)12-6-10(12)7-15-14;1-9(2)11-6-5-10(3)12-13(11)15-8-4-7-14-12/h4-5,8,10,12H,6-7H2,1-3H3;5-6,9H,4,7-8H2,1-3H3. The van der Waals surface area contributed by atoms with Crippen LogP contribution in [0.25, 0.3) is 0 Å². The van der Waals surface area contributed by atoms with Gasteiger partial charge in [0.2, 0.25) is 0 Å². The van der Waals surface area contributed by atoms with Crippen molar-refractivity contribution < 1.29 is 14.2 Å². The van der Waals surface area contributed by atoms with Crippen LogP contribution in [0.2, 0.25) is 0 Å². The number of hydrogen-bond donors (Lipinski definition) is 0. The molecule has 2 aliphatic heterocycles. The van der Waals surface area contributed by atoms with Gasteiger partial charge in [0.05, 0.1) is 19.8 Å². The molecule has 2 aromatic rings. The summed E-state index contributed by atoms with van der Waals surface area (Å²) >= 11 is 0. The maximum Gasteiger partial charge on any atom is 0.164 e. The summed E-state index contributed by atoms with van der Waals surface area (Å²) in [6, 6.07) is 8.76. The smallest absolute Gasteiger partial charge is 0.164 e. The van der Waals surface area contributed by atoms with Gasteiger partial charge in [0, 0.05) is 23.5 Å². The van der Waals surface area contributed by atoms with E-state index in [4.69, 9.17) is 14.2 Å². The SMILES string of the molecule is Cc1ccc(C(C)C)c2c1OCC1CC21.Cc1ccc(C(C)C)c2c1OCCCO2. The van der Waals surface area contributed by atoms with Gasteiger partial charge in [-0.15, -0.1) is 0 Å². The first-order chi connectivity index (χ1) is 14.4. The number of rotatable bonds is 2. The molecule has 2 heterocycles. The highest BCUT2D eigenvalue weighted by atomic mass is 16.5. The third-order valence-corrected chi connectivity index (χ3v) is 6.53. The van der Waals surface area contributed by atoms with Crippen molar-refractivity contribution in [2.75, 3.05) is 19.8 Å². The lowest BCUT2D eigenvalue weighted by Gasteiger charge is -2.23. The third kappa shape index (κ3) is 4.04. The molecule has 0 N–H and O–H groups in total. The van der Waals surface area contributed by atoms with Gasteiger partial charge in [-0.2, -0.15) is 0 Å². The monoisotopic (exact) mass is 408 g/mol. The number of aryl methyl sites for hydroxylation is 2. The molecule has 3 aliphatic rings. The van der Waals surface area contributed by atoms with Gasteiger partial charge < -0.3 is 14.2 Å².